The standard InChI is InChI=1S/C18H15Cl3FNO5S/c19-13-2-1-3-16(22)12(13)10-28-18(24)11-8-17(15(21)9-14(11)20)29(25,26)23-4-6-27-7-5-23/h1-3,8-9H,4-7,10H2. The lowest BCUT2D eigenvalue weighted by molar-refractivity contribution is 0.0469. The molecule has 0 spiro atoms. The summed E-state index contributed by atoms with van der Waals surface area (Å²) in [5.74, 6) is -1.58. The molecule has 11 heteroatoms. The minimum atomic E-state index is -3.97. The van der Waals surface area contributed by atoms with Crippen molar-refractivity contribution >= 4 is 50.8 Å². The summed E-state index contributed by atoms with van der Waals surface area (Å²) < 4.78 is 51.1. The summed E-state index contributed by atoms with van der Waals surface area (Å²) in [5, 5.41) is -0.133. The zero-order chi connectivity index (χ0) is 21.2. The molecule has 0 aromatic heterocycles. The summed E-state index contributed by atoms with van der Waals surface area (Å²) in [6, 6.07) is 6.26. The summed E-state index contributed by atoms with van der Waals surface area (Å²) in [6.07, 6.45) is 0. The number of esters is 1. The maximum absolute atomic E-state index is 13.8. The van der Waals surface area contributed by atoms with E-state index in [2.05, 4.69) is 0 Å². The number of hydrogen-bond acceptors (Lipinski definition) is 5. The van der Waals surface area contributed by atoms with E-state index in [-0.39, 0.29) is 57.4 Å². The van der Waals surface area contributed by atoms with E-state index in [1.165, 1.54) is 22.5 Å². The van der Waals surface area contributed by atoms with Crippen LogP contribution in [0.5, 0.6) is 0 Å². The zero-order valence-corrected chi connectivity index (χ0v) is 17.9. The Balaban J connectivity index is 1.88. The van der Waals surface area contributed by atoms with E-state index in [9.17, 15) is 17.6 Å². The van der Waals surface area contributed by atoms with Crippen LogP contribution in [0, 0.1) is 5.82 Å². The highest BCUT2D eigenvalue weighted by Crippen LogP contribution is 2.32. The van der Waals surface area contributed by atoms with Gasteiger partial charge in [-0.25, -0.2) is 17.6 Å². The topological polar surface area (TPSA) is 72.9 Å². The number of halogens is 4. The largest absolute Gasteiger partial charge is 0.457 e. The molecule has 3 rings (SSSR count). The number of rotatable bonds is 5. The van der Waals surface area contributed by atoms with Crippen LogP contribution < -0.4 is 0 Å². The first-order valence-corrected chi connectivity index (χ1v) is 11.0. The van der Waals surface area contributed by atoms with E-state index in [0.29, 0.717) is 0 Å². The van der Waals surface area contributed by atoms with Gasteiger partial charge >= 0.3 is 5.97 Å². The summed E-state index contributed by atoms with van der Waals surface area (Å²) in [7, 11) is -3.97. The van der Waals surface area contributed by atoms with Crippen molar-refractivity contribution in [3.05, 3.63) is 62.3 Å². The van der Waals surface area contributed by atoms with Gasteiger partial charge in [0.25, 0.3) is 0 Å². The van der Waals surface area contributed by atoms with Crippen LogP contribution in [0.25, 0.3) is 0 Å². The molecule has 0 amide bonds. The number of benzene rings is 2. The van der Waals surface area contributed by atoms with Gasteiger partial charge < -0.3 is 9.47 Å². The Hall–Kier alpha value is -1.42. The van der Waals surface area contributed by atoms with Crippen LogP contribution in [0.2, 0.25) is 15.1 Å². The highest BCUT2D eigenvalue weighted by molar-refractivity contribution is 7.89. The first kappa shape index (κ1) is 22.3. The second kappa shape index (κ2) is 9.16. The minimum absolute atomic E-state index is 0.00577. The highest BCUT2D eigenvalue weighted by atomic mass is 35.5. The SMILES string of the molecule is O=C(OCc1c(F)cccc1Cl)c1cc(S(=O)(=O)N2CCOCC2)c(Cl)cc1Cl. The quantitative estimate of drug-likeness (QED) is 0.598. The highest BCUT2D eigenvalue weighted by Gasteiger charge is 2.30. The third-order valence-corrected chi connectivity index (χ3v) is 7.27. The Bertz CT molecular complexity index is 1020. The molecule has 2 aromatic rings. The summed E-state index contributed by atoms with van der Waals surface area (Å²) in [4.78, 5) is 12.2. The fourth-order valence-electron chi connectivity index (χ4n) is 2.69. The van der Waals surface area contributed by atoms with Crippen LogP contribution in [0.4, 0.5) is 4.39 Å². The average molecular weight is 483 g/mol. The van der Waals surface area contributed by atoms with Gasteiger partial charge in [-0.15, -0.1) is 0 Å². The average Bonchev–Trinajstić information content (AvgIpc) is 2.68. The lowest BCUT2D eigenvalue weighted by Gasteiger charge is -2.26. The molecule has 0 radical (unpaired) electrons. The number of nitrogens with zero attached hydrogens (tertiary/aromatic N) is 1. The van der Waals surface area contributed by atoms with E-state index >= 15 is 0 Å². The van der Waals surface area contributed by atoms with Gasteiger partial charge in [0.1, 0.15) is 17.3 Å². The maximum Gasteiger partial charge on any atom is 0.340 e. The van der Waals surface area contributed by atoms with Gasteiger partial charge in [-0.3, -0.25) is 0 Å². The van der Waals surface area contributed by atoms with Crippen LogP contribution in [0.1, 0.15) is 15.9 Å². The second-order valence-corrected chi connectivity index (χ2v) is 9.18. The van der Waals surface area contributed by atoms with Crippen molar-refractivity contribution in [1.82, 2.24) is 4.31 Å². The molecule has 1 heterocycles. The van der Waals surface area contributed by atoms with Crippen molar-refractivity contribution in [3.63, 3.8) is 0 Å². The summed E-state index contributed by atoms with van der Waals surface area (Å²) >= 11 is 18.1. The molecule has 1 aliphatic rings. The van der Waals surface area contributed by atoms with Crippen molar-refractivity contribution in [2.75, 3.05) is 26.3 Å². The molecule has 0 unspecified atom stereocenters. The lowest BCUT2D eigenvalue weighted by Crippen LogP contribution is -2.40. The number of carbonyl (C=O) groups is 1. The van der Waals surface area contributed by atoms with Gasteiger partial charge in [-0.05, 0) is 24.3 Å². The molecule has 156 valence electrons. The Morgan fingerprint density at radius 2 is 1.79 bits per heavy atom. The van der Waals surface area contributed by atoms with Gasteiger partial charge in [-0.1, -0.05) is 40.9 Å². The molecule has 1 fully saturated rings. The molecule has 0 atom stereocenters. The maximum atomic E-state index is 13.8. The summed E-state index contributed by atoms with van der Waals surface area (Å²) in [6.45, 7) is 0.375. The molecular weight excluding hydrogens is 468 g/mol. The molecule has 0 N–H and O–H groups in total. The van der Waals surface area contributed by atoms with Crippen molar-refractivity contribution in [1.29, 1.82) is 0 Å². The van der Waals surface area contributed by atoms with Crippen molar-refractivity contribution < 1.29 is 27.1 Å². The van der Waals surface area contributed by atoms with Crippen LogP contribution in [0.3, 0.4) is 0 Å². The zero-order valence-electron chi connectivity index (χ0n) is 14.8. The van der Waals surface area contributed by atoms with Crippen LogP contribution >= 0.6 is 34.8 Å². The predicted octanol–water partition coefficient (Wildman–Crippen LogP) is 4.16. The number of carbonyl (C=O) groups excluding carboxylic acids is 1. The van der Waals surface area contributed by atoms with Crippen molar-refractivity contribution in [2.24, 2.45) is 0 Å². The minimum Gasteiger partial charge on any atom is -0.457 e. The van der Waals surface area contributed by atoms with Gasteiger partial charge in [0.05, 0.1) is 33.8 Å². The van der Waals surface area contributed by atoms with Crippen LogP contribution in [-0.4, -0.2) is 45.0 Å². The van der Waals surface area contributed by atoms with Gasteiger partial charge in [0.15, 0.2) is 0 Å². The van der Waals surface area contributed by atoms with E-state index in [1.54, 1.807) is 0 Å². The number of ether oxygens (including phenoxy) is 2. The molecule has 1 saturated heterocycles. The van der Waals surface area contributed by atoms with Crippen LogP contribution in [-0.2, 0) is 26.1 Å². The van der Waals surface area contributed by atoms with E-state index in [0.717, 1.165) is 12.1 Å². The van der Waals surface area contributed by atoms with E-state index < -0.39 is 28.4 Å². The summed E-state index contributed by atoms with van der Waals surface area (Å²) in [5.41, 5.74) is -0.218. The number of morpholine rings is 1. The molecule has 29 heavy (non-hydrogen) atoms. The Morgan fingerprint density at radius 1 is 1.10 bits per heavy atom. The van der Waals surface area contributed by atoms with Crippen LogP contribution in [0.15, 0.2) is 35.2 Å². The van der Waals surface area contributed by atoms with E-state index in [1.807, 2.05) is 0 Å². The monoisotopic (exact) mass is 481 g/mol. The number of sulfonamides is 1. The lowest BCUT2D eigenvalue weighted by atomic mass is 10.2. The Labute approximate surface area is 182 Å². The molecular formula is C18H15Cl3FNO5S. The first-order valence-electron chi connectivity index (χ1n) is 8.38. The number of hydrogen-bond donors (Lipinski definition) is 0. The molecule has 2 aromatic carbocycles. The van der Waals surface area contributed by atoms with Gasteiger partial charge in [0, 0.05) is 18.7 Å². The van der Waals surface area contributed by atoms with E-state index in [4.69, 9.17) is 44.3 Å². The fourth-order valence-corrected chi connectivity index (χ4v) is 5.15. The molecule has 0 aliphatic carbocycles. The second-order valence-electron chi connectivity index (χ2n) is 6.06. The van der Waals surface area contributed by atoms with Crippen molar-refractivity contribution in [3.8, 4) is 0 Å². The third-order valence-electron chi connectivity index (χ3n) is 4.24. The Morgan fingerprint density at radius 3 is 2.45 bits per heavy atom. The van der Waals surface area contributed by atoms with Gasteiger partial charge in [-0.2, -0.15) is 4.31 Å². The molecule has 0 saturated carbocycles. The molecule has 6 nitrogen and oxygen atoms in total. The van der Waals surface area contributed by atoms with Crippen molar-refractivity contribution in [2.45, 2.75) is 11.5 Å². The Kier molecular flexibility index (Phi) is 7.03. The normalized spacial score (nSPS) is 15.3. The van der Waals surface area contributed by atoms with Gasteiger partial charge in [0.2, 0.25) is 10.0 Å². The molecule has 1 aliphatic heterocycles. The smallest absolute Gasteiger partial charge is 0.340 e. The third kappa shape index (κ3) is 4.84. The molecule has 0 bridgehead atoms. The first-order chi connectivity index (χ1) is 13.7. The fraction of sp³-hybridized carbons (Fsp3) is 0.278. The predicted molar refractivity (Wildman–Crippen MR) is 107 cm³/mol.